The summed E-state index contributed by atoms with van der Waals surface area (Å²) in [6.07, 6.45) is 1.16. The van der Waals surface area contributed by atoms with Gasteiger partial charge in [0.05, 0.1) is 0 Å². The molecule has 0 bridgehead atoms. The maximum atomic E-state index is 5.93. The lowest BCUT2D eigenvalue weighted by atomic mass is 10.1. The molecule has 1 aliphatic carbocycles. The summed E-state index contributed by atoms with van der Waals surface area (Å²) in [6.45, 7) is 2.05. The Morgan fingerprint density at radius 3 is 2.29 bits per heavy atom. The van der Waals surface area contributed by atoms with Gasteiger partial charge in [-0.2, -0.15) is 0 Å². The number of halogens is 2. The summed E-state index contributed by atoms with van der Waals surface area (Å²) in [5, 5.41) is 1.42. The van der Waals surface area contributed by atoms with Gasteiger partial charge in [-0.25, -0.2) is 0 Å². The van der Waals surface area contributed by atoms with Crippen molar-refractivity contribution in [1.29, 1.82) is 0 Å². The van der Waals surface area contributed by atoms with Crippen molar-refractivity contribution in [3.05, 3.63) is 33.8 Å². The summed E-state index contributed by atoms with van der Waals surface area (Å²) in [5.74, 6) is 1.16. The molecule has 0 heterocycles. The molecule has 1 aromatic rings. The van der Waals surface area contributed by atoms with E-state index < -0.39 is 0 Å². The summed E-state index contributed by atoms with van der Waals surface area (Å²) in [4.78, 5) is 0. The summed E-state index contributed by atoms with van der Waals surface area (Å²) >= 11 is 11.9. The molecule has 1 aliphatic rings. The molecule has 1 aromatic carbocycles. The molecule has 3 heteroatoms. The van der Waals surface area contributed by atoms with Gasteiger partial charge in [-0.05, 0) is 48.9 Å². The molecule has 0 aromatic heterocycles. The largest absolute Gasteiger partial charge is 0.328 e. The summed E-state index contributed by atoms with van der Waals surface area (Å²) in [5.41, 5.74) is 7.06. The molecule has 1 fully saturated rings. The molecule has 0 radical (unpaired) electrons. The minimum atomic E-state index is 0.262. The molecule has 2 N–H and O–H groups in total. The number of nitrogens with two attached hydrogens (primary N) is 1. The molecule has 76 valence electrons. The Hall–Kier alpha value is -0.240. The van der Waals surface area contributed by atoms with E-state index in [4.69, 9.17) is 28.9 Å². The van der Waals surface area contributed by atoms with Gasteiger partial charge >= 0.3 is 0 Å². The van der Waals surface area contributed by atoms with E-state index in [1.165, 1.54) is 5.56 Å². The molecule has 14 heavy (non-hydrogen) atoms. The van der Waals surface area contributed by atoms with Crippen molar-refractivity contribution >= 4 is 23.2 Å². The molecule has 1 saturated carbocycles. The second-order valence-electron chi connectivity index (χ2n) is 4.07. The molecule has 3 atom stereocenters. The van der Waals surface area contributed by atoms with Crippen LogP contribution in [0.15, 0.2) is 18.2 Å². The Morgan fingerprint density at radius 1 is 1.29 bits per heavy atom. The number of hydrogen-bond acceptors (Lipinski definition) is 1. The van der Waals surface area contributed by atoms with Crippen molar-refractivity contribution < 1.29 is 0 Å². The third kappa shape index (κ3) is 2.05. The van der Waals surface area contributed by atoms with E-state index in [-0.39, 0.29) is 6.04 Å². The first-order chi connectivity index (χ1) is 6.58. The first-order valence-corrected chi connectivity index (χ1v) is 5.55. The molecular formula is C11H13Cl2N. The molecule has 0 spiro atoms. The zero-order chi connectivity index (χ0) is 10.3. The summed E-state index contributed by atoms with van der Waals surface area (Å²) < 4.78 is 0. The Kier molecular flexibility index (Phi) is 2.74. The van der Waals surface area contributed by atoms with E-state index in [9.17, 15) is 0 Å². The van der Waals surface area contributed by atoms with Crippen LogP contribution < -0.4 is 5.73 Å². The van der Waals surface area contributed by atoms with Gasteiger partial charge in [-0.3, -0.25) is 0 Å². The fraction of sp³-hybridized carbons (Fsp3) is 0.455. The van der Waals surface area contributed by atoms with E-state index in [0.29, 0.717) is 21.9 Å². The minimum absolute atomic E-state index is 0.262. The van der Waals surface area contributed by atoms with E-state index in [1.54, 1.807) is 6.07 Å². The van der Waals surface area contributed by atoms with Gasteiger partial charge in [0.25, 0.3) is 0 Å². The summed E-state index contributed by atoms with van der Waals surface area (Å²) in [7, 11) is 0. The Morgan fingerprint density at radius 2 is 1.86 bits per heavy atom. The highest BCUT2D eigenvalue weighted by atomic mass is 35.5. The van der Waals surface area contributed by atoms with Crippen LogP contribution in [0.4, 0.5) is 0 Å². The molecular weight excluding hydrogens is 217 g/mol. The van der Waals surface area contributed by atoms with Crippen molar-refractivity contribution in [1.82, 2.24) is 0 Å². The summed E-state index contributed by atoms with van der Waals surface area (Å²) in [6, 6.07) is 5.99. The van der Waals surface area contributed by atoms with Crippen molar-refractivity contribution in [2.75, 3.05) is 0 Å². The Balaban J connectivity index is 2.19. The first kappa shape index (κ1) is 10.3. The monoisotopic (exact) mass is 229 g/mol. The van der Waals surface area contributed by atoms with Crippen molar-refractivity contribution in [3.8, 4) is 0 Å². The molecule has 0 saturated heterocycles. The lowest BCUT2D eigenvalue weighted by molar-refractivity contribution is 0.631. The van der Waals surface area contributed by atoms with Crippen LogP contribution in [0.25, 0.3) is 0 Å². The van der Waals surface area contributed by atoms with Crippen molar-refractivity contribution in [2.24, 2.45) is 11.7 Å². The third-order valence-corrected chi connectivity index (χ3v) is 3.26. The lowest BCUT2D eigenvalue weighted by Gasteiger charge is -2.05. The highest BCUT2D eigenvalue weighted by Gasteiger charge is 2.40. The number of hydrogen-bond donors (Lipinski definition) is 1. The maximum Gasteiger partial charge on any atom is 0.0423 e. The van der Waals surface area contributed by atoms with Gasteiger partial charge in [0.15, 0.2) is 0 Å². The zero-order valence-corrected chi connectivity index (χ0v) is 9.52. The lowest BCUT2D eigenvalue weighted by Crippen LogP contribution is -2.17. The van der Waals surface area contributed by atoms with Gasteiger partial charge in [0.1, 0.15) is 0 Å². The normalized spacial score (nSPS) is 27.4. The standard InChI is InChI=1S/C11H13Cl2N/c1-6(14)10-5-11(10)7-2-8(12)4-9(13)3-7/h2-4,6,10-11H,5,14H2,1H3/t6-,10-,11-/m1/s1. The van der Waals surface area contributed by atoms with Gasteiger partial charge in [0.2, 0.25) is 0 Å². The molecule has 0 aliphatic heterocycles. The minimum Gasteiger partial charge on any atom is -0.328 e. The van der Waals surface area contributed by atoms with Gasteiger partial charge in [-0.15, -0.1) is 0 Å². The van der Waals surface area contributed by atoms with Crippen LogP contribution in [0.3, 0.4) is 0 Å². The van der Waals surface area contributed by atoms with Gasteiger partial charge < -0.3 is 5.73 Å². The predicted molar refractivity (Wildman–Crippen MR) is 61.0 cm³/mol. The van der Waals surface area contributed by atoms with Crippen molar-refractivity contribution in [2.45, 2.75) is 25.3 Å². The van der Waals surface area contributed by atoms with Crippen LogP contribution in [0.2, 0.25) is 10.0 Å². The van der Waals surface area contributed by atoms with E-state index in [2.05, 4.69) is 6.92 Å². The van der Waals surface area contributed by atoms with Gasteiger partial charge in [0, 0.05) is 16.1 Å². The van der Waals surface area contributed by atoms with Crippen LogP contribution >= 0.6 is 23.2 Å². The van der Waals surface area contributed by atoms with Crippen molar-refractivity contribution in [3.63, 3.8) is 0 Å². The van der Waals surface area contributed by atoms with E-state index >= 15 is 0 Å². The van der Waals surface area contributed by atoms with Crippen LogP contribution in [-0.2, 0) is 0 Å². The molecule has 0 amide bonds. The van der Waals surface area contributed by atoms with E-state index in [0.717, 1.165) is 6.42 Å². The number of benzene rings is 1. The third-order valence-electron chi connectivity index (χ3n) is 2.83. The maximum absolute atomic E-state index is 5.93. The average Bonchev–Trinajstić information content (AvgIpc) is 2.79. The van der Waals surface area contributed by atoms with Crippen LogP contribution in [0.5, 0.6) is 0 Å². The predicted octanol–water partition coefficient (Wildman–Crippen LogP) is 3.44. The highest BCUT2D eigenvalue weighted by molar-refractivity contribution is 6.34. The van der Waals surface area contributed by atoms with E-state index in [1.807, 2.05) is 12.1 Å². The SMILES string of the molecule is C[C@@H](N)[C@H]1C[C@@H]1c1cc(Cl)cc(Cl)c1. The quantitative estimate of drug-likeness (QED) is 0.827. The second kappa shape index (κ2) is 3.73. The average molecular weight is 230 g/mol. The molecule has 0 unspecified atom stereocenters. The topological polar surface area (TPSA) is 26.0 Å². The van der Waals surface area contributed by atoms with Crippen LogP contribution in [0.1, 0.15) is 24.8 Å². The second-order valence-corrected chi connectivity index (χ2v) is 4.94. The number of rotatable bonds is 2. The zero-order valence-electron chi connectivity index (χ0n) is 8.00. The van der Waals surface area contributed by atoms with Crippen LogP contribution in [0, 0.1) is 5.92 Å². The highest BCUT2D eigenvalue weighted by Crippen LogP contribution is 2.49. The fourth-order valence-corrected chi connectivity index (χ4v) is 2.51. The van der Waals surface area contributed by atoms with Gasteiger partial charge in [-0.1, -0.05) is 23.2 Å². The Bertz CT molecular complexity index is 329. The molecule has 2 rings (SSSR count). The molecule has 1 nitrogen and oxygen atoms in total. The Labute approximate surface area is 94.2 Å². The fourth-order valence-electron chi connectivity index (χ4n) is 1.97. The van der Waals surface area contributed by atoms with Crippen LogP contribution in [-0.4, -0.2) is 6.04 Å². The smallest absolute Gasteiger partial charge is 0.0423 e. The first-order valence-electron chi connectivity index (χ1n) is 4.79.